The molecule has 1 heterocycles. The SMILES string of the molecule is CCN1CCN(c2ccccc2NC(=O)c2cc(S(=O)(=O)N(CC)CC)ccc2Cl)CC1. The van der Waals surface area contributed by atoms with E-state index in [1.165, 1.54) is 22.5 Å². The van der Waals surface area contributed by atoms with Crippen LogP contribution in [0.25, 0.3) is 0 Å². The zero-order valence-electron chi connectivity index (χ0n) is 18.8. The highest BCUT2D eigenvalue weighted by atomic mass is 35.5. The molecule has 7 nitrogen and oxygen atoms in total. The van der Waals surface area contributed by atoms with Gasteiger partial charge in [0, 0.05) is 39.3 Å². The second-order valence-corrected chi connectivity index (χ2v) is 9.97. The van der Waals surface area contributed by atoms with Crippen molar-refractivity contribution in [3.63, 3.8) is 0 Å². The average molecular weight is 479 g/mol. The summed E-state index contributed by atoms with van der Waals surface area (Å²) in [6, 6.07) is 11.9. The van der Waals surface area contributed by atoms with E-state index < -0.39 is 15.9 Å². The highest BCUT2D eigenvalue weighted by Gasteiger charge is 2.25. The summed E-state index contributed by atoms with van der Waals surface area (Å²) in [7, 11) is -3.70. The molecule has 9 heteroatoms. The molecule has 0 spiro atoms. The zero-order valence-corrected chi connectivity index (χ0v) is 20.4. The van der Waals surface area contributed by atoms with Gasteiger partial charge in [0.1, 0.15) is 0 Å². The van der Waals surface area contributed by atoms with E-state index in [2.05, 4.69) is 22.0 Å². The van der Waals surface area contributed by atoms with Crippen LogP contribution in [-0.4, -0.2) is 69.3 Å². The number of nitrogens with one attached hydrogen (secondary N) is 1. The number of nitrogens with zero attached hydrogens (tertiary/aromatic N) is 3. The van der Waals surface area contributed by atoms with Crippen LogP contribution in [0.15, 0.2) is 47.4 Å². The lowest BCUT2D eigenvalue weighted by molar-refractivity contribution is 0.102. The Bertz CT molecular complexity index is 1050. The molecule has 0 aromatic heterocycles. The van der Waals surface area contributed by atoms with Gasteiger partial charge in [-0.25, -0.2) is 8.42 Å². The molecule has 1 aliphatic rings. The molecule has 3 rings (SSSR count). The van der Waals surface area contributed by atoms with Crippen LogP contribution >= 0.6 is 11.6 Å². The van der Waals surface area contributed by atoms with Gasteiger partial charge in [0.05, 0.1) is 26.9 Å². The molecule has 1 amide bonds. The molecule has 2 aromatic rings. The molecule has 1 saturated heterocycles. The molecule has 0 unspecified atom stereocenters. The van der Waals surface area contributed by atoms with Gasteiger partial charge in [-0.2, -0.15) is 4.31 Å². The Labute approximate surface area is 196 Å². The summed E-state index contributed by atoms with van der Waals surface area (Å²) in [5.74, 6) is -0.439. The summed E-state index contributed by atoms with van der Waals surface area (Å²) in [6.07, 6.45) is 0. The molecule has 0 aliphatic carbocycles. The number of likely N-dealkylation sites (N-methyl/N-ethyl adjacent to an activating group) is 1. The number of hydrogen-bond acceptors (Lipinski definition) is 5. The Balaban J connectivity index is 1.86. The number of sulfonamides is 1. The number of halogens is 1. The molecule has 32 heavy (non-hydrogen) atoms. The second kappa shape index (κ2) is 10.7. The third-order valence-corrected chi connectivity index (χ3v) is 8.21. The Morgan fingerprint density at radius 2 is 1.69 bits per heavy atom. The van der Waals surface area contributed by atoms with E-state index in [1.807, 2.05) is 24.3 Å². The van der Waals surface area contributed by atoms with Crippen LogP contribution in [0.2, 0.25) is 5.02 Å². The summed E-state index contributed by atoms with van der Waals surface area (Å²) < 4.78 is 27.1. The van der Waals surface area contributed by atoms with Crippen molar-refractivity contribution >= 4 is 38.9 Å². The molecule has 1 fully saturated rings. The van der Waals surface area contributed by atoms with Crippen LogP contribution in [-0.2, 0) is 10.0 Å². The van der Waals surface area contributed by atoms with Crippen LogP contribution in [0.4, 0.5) is 11.4 Å². The summed E-state index contributed by atoms with van der Waals surface area (Å²) in [4.78, 5) is 17.8. The molecule has 2 aromatic carbocycles. The maximum atomic E-state index is 13.1. The summed E-state index contributed by atoms with van der Waals surface area (Å²) in [5.41, 5.74) is 1.75. The van der Waals surface area contributed by atoms with Crippen LogP contribution in [0.3, 0.4) is 0 Å². The summed E-state index contributed by atoms with van der Waals surface area (Å²) in [6.45, 7) is 11.1. The molecule has 1 N–H and O–H groups in total. The number of rotatable bonds is 8. The lowest BCUT2D eigenvalue weighted by Crippen LogP contribution is -2.46. The fraction of sp³-hybridized carbons (Fsp3) is 0.435. The van der Waals surface area contributed by atoms with Crippen molar-refractivity contribution in [3.8, 4) is 0 Å². The molecule has 174 valence electrons. The van der Waals surface area contributed by atoms with Crippen molar-refractivity contribution < 1.29 is 13.2 Å². The predicted octanol–water partition coefficient (Wildman–Crippen LogP) is 3.76. The van der Waals surface area contributed by atoms with Gasteiger partial charge in [-0.3, -0.25) is 4.79 Å². The molecule has 0 atom stereocenters. The number of benzene rings is 2. The van der Waals surface area contributed by atoms with Gasteiger partial charge in [-0.15, -0.1) is 0 Å². The van der Waals surface area contributed by atoms with E-state index in [1.54, 1.807) is 13.8 Å². The first-order chi connectivity index (χ1) is 15.3. The van der Waals surface area contributed by atoms with Crippen molar-refractivity contribution in [1.82, 2.24) is 9.21 Å². The average Bonchev–Trinajstić information content (AvgIpc) is 2.80. The molecule has 0 saturated carbocycles. The first-order valence-electron chi connectivity index (χ1n) is 11.0. The minimum atomic E-state index is -3.70. The first kappa shape index (κ1) is 24.5. The molecule has 0 radical (unpaired) electrons. The number of anilines is 2. The van der Waals surface area contributed by atoms with Crippen molar-refractivity contribution in [2.75, 3.05) is 56.0 Å². The Morgan fingerprint density at radius 1 is 1.03 bits per heavy atom. The number of carbonyl (C=O) groups is 1. The van der Waals surface area contributed by atoms with Gasteiger partial charge in [0.2, 0.25) is 10.0 Å². The van der Waals surface area contributed by atoms with Crippen molar-refractivity contribution in [3.05, 3.63) is 53.1 Å². The van der Waals surface area contributed by atoms with Gasteiger partial charge in [0.15, 0.2) is 0 Å². The quantitative estimate of drug-likeness (QED) is 0.625. The Morgan fingerprint density at radius 3 is 2.31 bits per heavy atom. The van der Waals surface area contributed by atoms with Crippen molar-refractivity contribution in [1.29, 1.82) is 0 Å². The van der Waals surface area contributed by atoms with E-state index >= 15 is 0 Å². The number of para-hydroxylation sites is 2. The third-order valence-electron chi connectivity index (χ3n) is 5.84. The molecule has 0 bridgehead atoms. The lowest BCUT2D eigenvalue weighted by atomic mass is 10.1. The largest absolute Gasteiger partial charge is 0.367 e. The minimum absolute atomic E-state index is 0.0553. The lowest BCUT2D eigenvalue weighted by Gasteiger charge is -2.36. The normalized spacial score (nSPS) is 15.2. The van der Waals surface area contributed by atoms with Gasteiger partial charge >= 0.3 is 0 Å². The molecular weight excluding hydrogens is 448 g/mol. The number of piperazine rings is 1. The standard InChI is InChI=1S/C23H31ClN4O3S/c1-4-26-13-15-27(16-14-26)22-10-8-7-9-21(22)25-23(29)19-17-18(11-12-20(19)24)32(30,31)28(5-2)6-3/h7-12,17H,4-6,13-16H2,1-3H3,(H,25,29). The summed E-state index contributed by atoms with van der Waals surface area (Å²) >= 11 is 6.29. The highest BCUT2D eigenvalue weighted by Crippen LogP contribution is 2.29. The number of carbonyl (C=O) groups excluding carboxylic acids is 1. The molecule has 1 aliphatic heterocycles. The zero-order chi connectivity index (χ0) is 23.3. The maximum Gasteiger partial charge on any atom is 0.257 e. The Kier molecular flexibility index (Phi) is 8.16. The van der Waals surface area contributed by atoms with Gasteiger partial charge in [-0.1, -0.05) is 44.5 Å². The van der Waals surface area contributed by atoms with Crippen molar-refractivity contribution in [2.24, 2.45) is 0 Å². The highest BCUT2D eigenvalue weighted by molar-refractivity contribution is 7.89. The first-order valence-corrected chi connectivity index (χ1v) is 12.8. The maximum absolute atomic E-state index is 13.1. The van der Waals surface area contributed by atoms with Gasteiger partial charge < -0.3 is 15.1 Å². The van der Waals surface area contributed by atoms with Crippen LogP contribution in [0.5, 0.6) is 0 Å². The van der Waals surface area contributed by atoms with E-state index in [9.17, 15) is 13.2 Å². The topological polar surface area (TPSA) is 73.0 Å². The van der Waals surface area contributed by atoms with Crippen LogP contribution in [0.1, 0.15) is 31.1 Å². The third kappa shape index (κ3) is 5.26. The second-order valence-electron chi connectivity index (χ2n) is 7.62. The van der Waals surface area contributed by atoms with E-state index in [0.29, 0.717) is 18.8 Å². The van der Waals surface area contributed by atoms with E-state index in [4.69, 9.17) is 11.6 Å². The smallest absolute Gasteiger partial charge is 0.257 e. The fourth-order valence-electron chi connectivity index (χ4n) is 3.90. The van der Waals surface area contributed by atoms with Crippen LogP contribution in [0, 0.1) is 0 Å². The van der Waals surface area contributed by atoms with Gasteiger partial charge in [-0.05, 0) is 36.9 Å². The summed E-state index contributed by atoms with van der Waals surface area (Å²) in [5, 5.41) is 3.14. The predicted molar refractivity (Wildman–Crippen MR) is 130 cm³/mol. The van der Waals surface area contributed by atoms with Crippen molar-refractivity contribution in [2.45, 2.75) is 25.7 Å². The minimum Gasteiger partial charge on any atom is -0.367 e. The Hall–Kier alpha value is -2.13. The van der Waals surface area contributed by atoms with E-state index in [-0.39, 0.29) is 15.5 Å². The van der Waals surface area contributed by atoms with Gasteiger partial charge in [0.25, 0.3) is 5.91 Å². The number of hydrogen-bond donors (Lipinski definition) is 1. The number of amides is 1. The van der Waals surface area contributed by atoms with E-state index in [0.717, 1.165) is 38.4 Å². The van der Waals surface area contributed by atoms with Crippen LogP contribution < -0.4 is 10.2 Å². The monoisotopic (exact) mass is 478 g/mol. The molecular formula is C23H31ClN4O3S. The fourth-order valence-corrected chi connectivity index (χ4v) is 5.59.